The summed E-state index contributed by atoms with van der Waals surface area (Å²) >= 11 is 12.4. The van der Waals surface area contributed by atoms with Crippen molar-refractivity contribution in [3.05, 3.63) is 88.6 Å². The number of nitrogens with one attached hydrogen (secondary N) is 1. The molecule has 0 unspecified atom stereocenters. The minimum Gasteiger partial charge on any atom is -0.486 e. The molecule has 1 amide bonds. The van der Waals surface area contributed by atoms with Crippen LogP contribution in [0.15, 0.2) is 76.8 Å². The van der Waals surface area contributed by atoms with Crippen molar-refractivity contribution < 1.29 is 13.9 Å². The fraction of sp³-hybridized carbons (Fsp3) is 0.0435. The second kappa shape index (κ2) is 8.61. The number of halogens is 2. The highest BCUT2D eigenvalue weighted by Gasteiger charge is 2.13. The molecule has 0 radical (unpaired) electrons. The van der Waals surface area contributed by atoms with E-state index in [0.29, 0.717) is 26.9 Å². The number of carbonyl (C=O) groups excluding carboxylic acids is 1. The Hall–Kier alpha value is -3.28. The minimum absolute atomic E-state index is 0.169. The Balaban J connectivity index is 1.51. The van der Waals surface area contributed by atoms with Gasteiger partial charge in [-0.1, -0.05) is 66.2 Å². The summed E-state index contributed by atoms with van der Waals surface area (Å²) in [6, 6.07) is 16.7. The van der Waals surface area contributed by atoms with Crippen LogP contribution in [0.25, 0.3) is 21.7 Å². The number of ether oxygens (including phenoxy) is 1. The van der Waals surface area contributed by atoms with Crippen LogP contribution in [-0.4, -0.2) is 18.7 Å². The molecular weight excluding hydrogens is 423 g/mol. The van der Waals surface area contributed by atoms with E-state index >= 15 is 0 Å². The molecule has 0 saturated carbocycles. The van der Waals surface area contributed by atoms with E-state index < -0.39 is 5.91 Å². The SMILES string of the molecule is C=CCOc1c(Cl)cc(C=NNC(=O)c2cc3c(ccc4ccccc43)o2)cc1Cl. The minimum atomic E-state index is -0.463. The van der Waals surface area contributed by atoms with Crippen LogP contribution >= 0.6 is 23.2 Å². The predicted molar refractivity (Wildman–Crippen MR) is 121 cm³/mol. The standard InChI is InChI=1S/C23H16Cl2N2O3/c1-2-9-29-22-18(24)10-14(11-19(22)25)13-26-27-23(28)21-12-17-16-6-4-3-5-15(16)7-8-20(17)30-21/h2-8,10-13H,1,9H2,(H,27,28). The number of amides is 1. The lowest BCUT2D eigenvalue weighted by Gasteiger charge is -2.08. The third kappa shape index (κ3) is 4.03. The Kier molecular flexibility index (Phi) is 5.74. The van der Waals surface area contributed by atoms with Crippen molar-refractivity contribution in [1.29, 1.82) is 0 Å². The fourth-order valence-corrected chi connectivity index (χ4v) is 3.67. The van der Waals surface area contributed by atoms with E-state index in [1.807, 2.05) is 36.4 Å². The van der Waals surface area contributed by atoms with Gasteiger partial charge >= 0.3 is 5.91 Å². The maximum atomic E-state index is 12.4. The molecule has 0 aliphatic carbocycles. The van der Waals surface area contributed by atoms with E-state index in [2.05, 4.69) is 17.1 Å². The molecule has 0 spiro atoms. The molecule has 5 nitrogen and oxygen atoms in total. The Morgan fingerprint density at radius 3 is 2.63 bits per heavy atom. The Morgan fingerprint density at radius 1 is 1.10 bits per heavy atom. The van der Waals surface area contributed by atoms with E-state index in [1.54, 1.807) is 24.3 Å². The van der Waals surface area contributed by atoms with Gasteiger partial charge < -0.3 is 9.15 Å². The van der Waals surface area contributed by atoms with Crippen molar-refractivity contribution in [1.82, 2.24) is 5.43 Å². The van der Waals surface area contributed by atoms with E-state index in [0.717, 1.165) is 16.2 Å². The molecule has 1 aromatic heterocycles. The highest BCUT2D eigenvalue weighted by molar-refractivity contribution is 6.37. The number of furan rings is 1. The Morgan fingerprint density at radius 2 is 1.87 bits per heavy atom. The number of benzene rings is 3. The Labute approximate surface area is 182 Å². The summed E-state index contributed by atoms with van der Waals surface area (Å²) in [7, 11) is 0. The van der Waals surface area contributed by atoms with Crippen molar-refractivity contribution in [3.63, 3.8) is 0 Å². The third-order valence-electron chi connectivity index (χ3n) is 4.40. The van der Waals surface area contributed by atoms with E-state index in [4.69, 9.17) is 32.4 Å². The van der Waals surface area contributed by atoms with Crippen molar-refractivity contribution in [2.45, 2.75) is 0 Å². The summed E-state index contributed by atoms with van der Waals surface area (Å²) in [6.07, 6.45) is 3.03. The van der Waals surface area contributed by atoms with Crippen LogP contribution in [0.5, 0.6) is 5.75 Å². The predicted octanol–water partition coefficient (Wildman–Crippen LogP) is 6.22. The van der Waals surface area contributed by atoms with Gasteiger partial charge in [-0.25, -0.2) is 5.43 Å². The van der Waals surface area contributed by atoms with Gasteiger partial charge in [0.2, 0.25) is 0 Å². The molecule has 150 valence electrons. The normalized spacial score (nSPS) is 11.3. The second-order valence-electron chi connectivity index (χ2n) is 6.42. The molecule has 0 aliphatic heterocycles. The zero-order chi connectivity index (χ0) is 21.1. The first kappa shape index (κ1) is 20.0. The van der Waals surface area contributed by atoms with Crippen LogP contribution in [0.1, 0.15) is 16.1 Å². The van der Waals surface area contributed by atoms with Crippen molar-refractivity contribution in [2.24, 2.45) is 5.10 Å². The van der Waals surface area contributed by atoms with Crippen molar-refractivity contribution >= 4 is 57.1 Å². The van der Waals surface area contributed by atoms with Gasteiger partial charge in [-0.3, -0.25) is 4.79 Å². The van der Waals surface area contributed by atoms with Gasteiger partial charge in [0, 0.05) is 5.39 Å². The third-order valence-corrected chi connectivity index (χ3v) is 4.96. The number of hydrogen-bond acceptors (Lipinski definition) is 4. The number of carbonyl (C=O) groups is 1. The molecule has 0 saturated heterocycles. The first-order valence-electron chi connectivity index (χ1n) is 9.04. The molecule has 4 aromatic rings. The fourth-order valence-electron chi connectivity index (χ4n) is 3.06. The maximum absolute atomic E-state index is 12.4. The molecule has 0 atom stereocenters. The number of nitrogens with zero attached hydrogens (tertiary/aromatic N) is 1. The molecular formula is C23H16Cl2N2O3. The van der Waals surface area contributed by atoms with Crippen molar-refractivity contribution in [2.75, 3.05) is 6.61 Å². The van der Waals surface area contributed by atoms with Gasteiger partial charge in [0.15, 0.2) is 11.5 Å². The number of fused-ring (bicyclic) bond motifs is 3. The largest absolute Gasteiger partial charge is 0.486 e. The average molecular weight is 439 g/mol. The highest BCUT2D eigenvalue weighted by atomic mass is 35.5. The van der Waals surface area contributed by atoms with Gasteiger partial charge in [0.25, 0.3) is 0 Å². The topological polar surface area (TPSA) is 63.8 Å². The maximum Gasteiger partial charge on any atom is 0.307 e. The van der Waals surface area contributed by atoms with Crippen LogP contribution in [0.2, 0.25) is 10.0 Å². The first-order valence-corrected chi connectivity index (χ1v) is 9.80. The zero-order valence-corrected chi connectivity index (χ0v) is 17.2. The average Bonchev–Trinajstić information content (AvgIpc) is 3.18. The van der Waals surface area contributed by atoms with Crippen LogP contribution in [-0.2, 0) is 0 Å². The number of rotatable bonds is 6. The monoisotopic (exact) mass is 438 g/mol. The van der Waals surface area contributed by atoms with Gasteiger partial charge in [0.1, 0.15) is 12.2 Å². The molecule has 3 aromatic carbocycles. The van der Waals surface area contributed by atoms with E-state index in [-0.39, 0.29) is 12.4 Å². The summed E-state index contributed by atoms with van der Waals surface area (Å²) in [5, 5.41) is 7.60. The van der Waals surface area contributed by atoms with Crippen molar-refractivity contribution in [3.8, 4) is 5.75 Å². The van der Waals surface area contributed by atoms with Gasteiger partial charge in [-0.05, 0) is 40.6 Å². The zero-order valence-electron chi connectivity index (χ0n) is 15.7. The molecule has 0 aliphatic rings. The van der Waals surface area contributed by atoms with Gasteiger partial charge in [0.05, 0.1) is 16.3 Å². The molecule has 0 fully saturated rings. The highest BCUT2D eigenvalue weighted by Crippen LogP contribution is 2.34. The van der Waals surface area contributed by atoms with Crippen LogP contribution in [0, 0.1) is 0 Å². The van der Waals surface area contributed by atoms with Crippen LogP contribution in [0.4, 0.5) is 0 Å². The molecule has 1 heterocycles. The molecule has 7 heteroatoms. The molecule has 4 rings (SSSR count). The Bertz CT molecular complexity index is 1270. The first-order chi connectivity index (χ1) is 14.6. The van der Waals surface area contributed by atoms with Gasteiger partial charge in [-0.15, -0.1) is 0 Å². The quantitative estimate of drug-likeness (QED) is 0.220. The molecule has 30 heavy (non-hydrogen) atoms. The van der Waals surface area contributed by atoms with Crippen LogP contribution < -0.4 is 10.2 Å². The molecule has 1 N–H and O–H groups in total. The summed E-state index contributed by atoms with van der Waals surface area (Å²) in [5.74, 6) is 0.0753. The molecule has 0 bridgehead atoms. The summed E-state index contributed by atoms with van der Waals surface area (Å²) in [6.45, 7) is 3.87. The summed E-state index contributed by atoms with van der Waals surface area (Å²) in [5.41, 5.74) is 3.69. The lowest BCUT2D eigenvalue weighted by Crippen LogP contribution is -2.16. The lowest BCUT2D eigenvalue weighted by atomic mass is 10.1. The lowest BCUT2D eigenvalue weighted by molar-refractivity contribution is 0.0929. The van der Waals surface area contributed by atoms with E-state index in [1.165, 1.54) is 6.21 Å². The smallest absolute Gasteiger partial charge is 0.307 e. The number of hydrazone groups is 1. The van der Waals surface area contributed by atoms with E-state index in [9.17, 15) is 4.79 Å². The van der Waals surface area contributed by atoms with Crippen LogP contribution in [0.3, 0.4) is 0 Å². The summed E-state index contributed by atoms with van der Waals surface area (Å²) < 4.78 is 11.1. The van der Waals surface area contributed by atoms with Gasteiger partial charge in [-0.2, -0.15) is 5.10 Å². The second-order valence-corrected chi connectivity index (χ2v) is 7.24. The summed E-state index contributed by atoms with van der Waals surface area (Å²) in [4.78, 5) is 12.4. The number of hydrogen-bond donors (Lipinski definition) is 1.